The molecule has 0 heterocycles. The second kappa shape index (κ2) is 5.65. The standard InChI is InChI=1S/C17H17F3N2/c18-17(19,20)13-5-1-11(2-6-13)10-22-14-7-3-12(4-8-14)15-9-16(15)21/h1-8,15-16,22H,9-10,21H2/t15-,16+/m0/s1. The zero-order chi connectivity index (χ0) is 15.7. The number of hydrogen-bond acceptors (Lipinski definition) is 2. The fourth-order valence-corrected chi connectivity index (χ4v) is 2.46. The normalized spacial score (nSPS) is 20.7. The third-order valence-electron chi connectivity index (χ3n) is 3.96. The maximum absolute atomic E-state index is 12.5. The maximum atomic E-state index is 12.5. The van der Waals surface area contributed by atoms with Crippen LogP contribution in [0.1, 0.15) is 29.0 Å². The summed E-state index contributed by atoms with van der Waals surface area (Å²) >= 11 is 0. The van der Waals surface area contributed by atoms with Crippen molar-refractivity contribution >= 4 is 5.69 Å². The molecule has 116 valence electrons. The van der Waals surface area contributed by atoms with Crippen molar-refractivity contribution in [2.45, 2.75) is 31.1 Å². The summed E-state index contributed by atoms with van der Waals surface area (Å²) in [5, 5.41) is 3.20. The molecule has 5 heteroatoms. The molecule has 0 amide bonds. The monoisotopic (exact) mass is 306 g/mol. The van der Waals surface area contributed by atoms with Gasteiger partial charge in [0.25, 0.3) is 0 Å². The van der Waals surface area contributed by atoms with Gasteiger partial charge in [-0.15, -0.1) is 0 Å². The minimum absolute atomic E-state index is 0.283. The summed E-state index contributed by atoms with van der Waals surface area (Å²) in [5.74, 6) is 0.476. The number of nitrogens with one attached hydrogen (secondary N) is 1. The van der Waals surface area contributed by atoms with E-state index < -0.39 is 11.7 Å². The van der Waals surface area contributed by atoms with Crippen LogP contribution in [0, 0.1) is 0 Å². The molecular formula is C17H17F3N2. The Hall–Kier alpha value is -2.01. The predicted octanol–water partition coefficient (Wildman–Crippen LogP) is 4.13. The van der Waals surface area contributed by atoms with Gasteiger partial charge in [-0.2, -0.15) is 13.2 Å². The molecule has 22 heavy (non-hydrogen) atoms. The van der Waals surface area contributed by atoms with Crippen molar-refractivity contribution in [2.24, 2.45) is 5.73 Å². The smallest absolute Gasteiger partial charge is 0.381 e. The van der Waals surface area contributed by atoms with E-state index in [-0.39, 0.29) is 6.04 Å². The Morgan fingerprint density at radius 3 is 2.09 bits per heavy atom. The number of nitrogens with two attached hydrogens (primary N) is 1. The first kappa shape index (κ1) is 14.9. The van der Waals surface area contributed by atoms with Gasteiger partial charge < -0.3 is 11.1 Å². The van der Waals surface area contributed by atoms with E-state index in [9.17, 15) is 13.2 Å². The van der Waals surface area contributed by atoms with Crippen LogP contribution in [0.3, 0.4) is 0 Å². The van der Waals surface area contributed by atoms with Gasteiger partial charge in [-0.05, 0) is 41.8 Å². The molecule has 0 saturated heterocycles. The van der Waals surface area contributed by atoms with Gasteiger partial charge in [-0.1, -0.05) is 24.3 Å². The molecule has 0 radical (unpaired) electrons. The van der Waals surface area contributed by atoms with Crippen molar-refractivity contribution in [3.8, 4) is 0 Å². The average molecular weight is 306 g/mol. The Labute approximate surface area is 127 Å². The summed E-state index contributed by atoms with van der Waals surface area (Å²) in [5.41, 5.74) is 8.19. The van der Waals surface area contributed by atoms with E-state index in [2.05, 4.69) is 5.32 Å². The Morgan fingerprint density at radius 2 is 1.59 bits per heavy atom. The first-order valence-corrected chi connectivity index (χ1v) is 7.19. The third-order valence-corrected chi connectivity index (χ3v) is 3.96. The minimum atomic E-state index is -4.29. The lowest BCUT2D eigenvalue weighted by atomic mass is 10.1. The SMILES string of the molecule is N[C@@H]1C[C@H]1c1ccc(NCc2ccc(C(F)(F)F)cc2)cc1. The van der Waals surface area contributed by atoms with Gasteiger partial charge >= 0.3 is 6.18 Å². The molecular weight excluding hydrogens is 289 g/mol. The van der Waals surface area contributed by atoms with Crippen LogP contribution in [0.2, 0.25) is 0 Å². The van der Waals surface area contributed by atoms with Crippen molar-refractivity contribution in [2.75, 3.05) is 5.32 Å². The molecule has 3 rings (SSSR count). The minimum Gasteiger partial charge on any atom is -0.381 e. The number of hydrogen-bond donors (Lipinski definition) is 2. The summed E-state index contributed by atoms with van der Waals surface area (Å²) in [6, 6.07) is 13.5. The highest BCUT2D eigenvalue weighted by Crippen LogP contribution is 2.39. The van der Waals surface area contributed by atoms with Crippen LogP contribution in [0.25, 0.3) is 0 Å². The number of benzene rings is 2. The van der Waals surface area contributed by atoms with E-state index in [4.69, 9.17) is 5.73 Å². The summed E-state index contributed by atoms with van der Waals surface area (Å²) < 4.78 is 37.4. The van der Waals surface area contributed by atoms with E-state index in [1.165, 1.54) is 17.7 Å². The summed E-state index contributed by atoms with van der Waals surface area (Å²) in [6.45, 7) is 0.487. The molecule has 3 N–H and O–H groups in total. The second-order valence-corrected chi connectivity index (χ2v) is 5.68. The van der Waals surface area contributed by atoms with Crippen LogP contribution in [0.15, 0.2) is 48.5 Å². The summed E-state index contributed by atoms with van der Waals surface area (Å²) in [6.07, 6.45) is -3.25. The topological polar surface area (TPSA) is 38.0 Å². The largest absolute Gasteiger partial charge is 0.416 e. The van der Waals surface area contributed by atoms with Crippen molar-refractivity contribution in [1.29, 1.82) is 0 Å². The van der Waals surface area contributed by atoms with Gasteiger partial charge in [-0.25, -0.2) is 0 Å². The fourth-order valence-electron chi connectivity index (χ4n) is 2.46. The van der Waals surface area contributed by atoms with E-state index in [0.29, 0.717) is 12.5 Å². The quantitative estimate of drug-likeness (QED) is 0.891. The van der Waals surface area contributed by atoms with Crippen molar-refractivity contribution < 1.29 is 13.2 Å². The van der Waals surface area contributed by atoms with Crippen LogP contribution < -0.4 is 11.1 Å². The van der Waals surface area contributed by atoms with Gasteiger partial charge in [0.05, 0.1) is 5.56 Å². The molecule has 0 aliphatic heterocycles. The first-order valence-electron chi connectivity index (χ1n) is 7.19. The van der Waals surface area contributed by atoms with Crippen LogP contribution >= 0.6 is 0 Å². The molecule has 0 bridgehead atoms. The highest BCUT2D eigenvalue weighted by atomic mass is 19.4. The average Bonchev–Trinajstić information content (AvgIpc) is 3.22. The molecule has 2 atom stereocenters. The number of anilines is 1. The van der Waals surface area contributed by atoms with Gasteiger partial charge in [-0.3, -0.25) is 0 Å². The second-order valence-electron chi connectivity index (χ2n) is 5.68. The Morgan fingerprint density at radius 1 is 1.00 bits per heavy atom. The molecule has 2 nitrogen and oxygen atoms in total. The van der Waals surface area contributed by atoms with Gasteiger partial charge in [0, 0.05) is 24.2 Å². The van der Waals surface area contributed by atoms with Gasteiger partial charge in [0.1, 0.15) is 0 Å². The van der Waals surface area contributed by atoms with Gasteiger partial charge in [0.2, 0.25) is 0 Å². The van der Waals surface area contributed by atoms with E-state index >= 15 is 0 Å². The fraction of sp³-hybridized carbons (Fsp3) is 0.294. The van der Waals surface area contributed by atoms with Crippen LogP contribution in [-0.4, -0.2) is 6.04 Å². The molecule has 2 aromatic carbocycles. The predicted molar refractivity (Wildman–Crippen MR) is 80.5 cm³/mol. The Balaban J connectivity index is 1.58. The van der Waals surface area contributed by atoms with E-state index in [1.807, 2.05) is 24.3 Å². The third kappa shape index (κ3) is 3.42. The Bertz CT molecular complexity index is 632. The lowest BCUT2D eigenvalue weighted by molar-refractivity contribution is -0.137. The highest BCUT2D eigenvalue weighted by molar-refractivity contribution is 5.47. The van der Waals surface area contributed by atoms with Crippen LogP contribution in [-0.2, 0) is 12.7 Å². The molecule has 1 saturated carbocycles. The lowest BCUT2D eigenvalue weighted by Gasteiger charge is -2.10. The molecule has 1 fully saturated rings. The maximum Gasteiger partial charge on any atom is 0.416 e. The molecule has 2 aromatic rings. The Kier molecular flexibility index (Phi) is 3.83. The summed E-state index contributed by atoms with van der Waals surface area (Å²) in [7, 11) is 0. The zero-order valence-electron chi connectivity index (χ0n) is 11.9. The lowest BCUT2D eigenvalue weighted by Crippen LogP contribution is -2.05. The van der Waals surface area contributed by atoms with E-state index in [1.54, 1.807) is 0 Å². The highest BCUT2D eigenvalue weighted by Gasteiger charge is 2.34. The van der Waals surface area contributed by atoms with E-state index in [0.717, 1.165) is 29.8 Å². The molecule has 0 unspecified atom stereocenters. The zero-order valence-corrected chi connectivity index (χ0v) is 11.9. The molecule has 0 spiro atoms. The molecule has 0 aromatic heterocycles. The van der Waals surface area contributed by atoms with Crippen molar-refractivity contribution in [3.05, 3.63) is 65.2 Å². The number of halogens is 3. The first-order chi connectivity index (χ1) is 10.4. The molecule has 1 aliphatic rings. The van der Waals surface area contributed by atoms with Crippen molar-refractivity contribution in [1.82, 2.24) is 0 Å². The number of rotatable bonds is 4. The number of alkyl halides is 3. The summed E-state index contributed by atoms with van der Waals surface area (Å²) in [4.78, 5) is 0. The van der Waals surface area contributed by atoms with Crippen LogP contribution in [0.5, 0.6) is 0 Å². The van der Waals surface area contributed by atoms with Crippen LogP contribution in [0.4, 0.5) is 18.9 Å². The van der Waals surface area contributed by atoms with Gasteiger partial charge in [0.15, 0.2) is 0 Å². The van der Waals surface area contributed by atoms with Crippen molar-refractivity contribution in [3.63, 3.8) is 0 Å². The molecule has 1 aliphatic carbocycles.